The summed E-state index contributed by atoms with van der Waals surface area (Å²) in [6.45, 7) is 1.81. The summed E-state index contributed by atoms with van der Waals surface area (Å²) in [5.41, 5.74) is 0.893. The fourth-order valence-corrected chi connectivity index (χ4v) is 8.05. The molecule has 1 aliphatic heterocycles. The van der Waals surface area contributed by atoms with Gasteiger partial charge in [0.1, 0.15) is 18.2 Å². The fourth-order valence-electron chi connectivity index (χ4n) is 6.57. The zero-order valence-corrected chi connectivity index (χ0v) is 26.5. The molecule has 1 aliphatic carbocycles. The van der Waals surface area contributed by atoms with Crippen LogP contribution in [0.2, 0.25) is 0 Å². The average molecular weight is 665 g/mol. The standard InChI is InChI=1S/C32H33FN6O7S/c1-18-22-12-9-20(33)15-26(22)35-31(41)23(18)16-25(37-47(44,45)28-6-4-3-5-27(28)39(42)43)19-7-10-21(11-8-19)38(2)29-14-13-24-32(36-29)46-30(40)17-34-24/h3-6,9,12-15,19,21,25,34,37H,7-8,10-11,16-17H2,1-2H3,(H,35,41). The minimum atomic E-state index is -4.39. The second kappa shape index (κ2) is 12.7. The monoisotopic (exact) mass is 664 g/mol. The van der Waals surface area contributed by atoms with Crippen molar-refractivity contribution in [2.45, 2.75) is 56.0 Å². The summed E-state index contributed by atoms with van der Waals surface area (Å²) >= 11 is 0. The van der Waals surface area contributed by atoms with E-state index in [2.05, 4.69) is 20.0 Å². The number of nitrogens with zero attached hydrogens (tertiary/aromatic N) is 3. The number of hydrogen-bond donors (Lipinski definition) is 3. The molecule has 13 nitrogen and oxygen atoms in total. The Hall–Kier alpha value is -4.89. The zero-order valence-electron chi connectivity index (χ0n) is 25.7. The average Bonchev–Trinajstić information content (AvgIpc) is 3.05. The van der Waals surface area contributed by atoms with Crippen molar-refractivity contribution in [2.24, 2.45) is 5.92 Å². The molecule has 1 unspecified atom stereocenters. The summed E-state index contributed by atoms with van der Waals surface area (Å²) in [6.07, 6.45) is 2.50. The maximum atomic E-state index is 13.9. The predicted molar refractivity (Wildman–Crippen MR) is 173 cm³/mol. The van der Waals surface area contributed by atoms with Gasteiger partial charge in [-0.1, -0.05) is 12.1 Å². The molecule has 0 saturated heterocycles. The van der Waals surface area contributed by atoms with Crippen molar-refractivity contribution >= 4 is 44.1 Å². The number of sulfonamides is 1. The van der Waals surface area contributed by atoms with Gasteiger partial charge < -0.3 is 19.9 Å². The molecular formula is C32H33FN6O7S. The molecule has 2 aromatic heterocycles. The molecule has 4 aromatic rings. The van der Waals surface area contributed by atoms with E-state index in [1.807, 2.05) is 18.0 Å². The first-order valence-corrected chi connectivity index (χ1v) is 16.6. The Kier molecular flexibility index (Phi) is 8.68. The highest BCUT2D eigenvalue weighted by atomic mass is 32.2. The van der Waals surface area contributed by atoms with Gasteiger partial charge in [-0.15, -0.1) is 0 Å². The quantitative estimate of drug-likeness (QED) is 0.134. The molecule has 1 atom stereocenters. The Balaban J connectivity index is 1.28. The summed E-state index contributed by atoms with van der Waals surface area (Å²) in [6, 6.07) is 12.1. The molecule has 0 bridgehead atoms. The second-order valence-electron chi connectivity index (χ2n) is 11.9. The minimum Gasteiger partial charge on any atom is -0.404 e. The maximum Gasteiger partial charge on any atom is 0.332 e. The number of ether oxygens (including phenoxy) is 1. The number of H-pyrrole nitrogens is 1. The third kappa shape index (κ3) is 6.53. The number of carbonyl (C=O) groups is 1. The number of nitro groups is 1. The predicted octanol–water partition coefficient (Wildman–Crippen LogP) is 4.19. The minimum absolute atomic E-state index is 0.0181. The van der Waals surface area contributed by atoms with Gasteiger partial charge in [-0.2, -0.15) is 4.98 Å². The lowest BCUT2D eigenvalue weighted by atomic mass is 9.79. The lowest BCUT2D eigenvalue weighted by Crippen LogP contribution is -2.46. The first-order chi connectivity index (χ1) is 22.4. The number of carbonyl (C=O) groups excluding carboxylic acids is 1. The van der Waals surface area contributed by atoms with Gasteiger partial charge in [-0.25, -0.2) is 22.3 Å². The van der Waals surface area contributed by atoms with Crippen LogP contribution in [0.3, 0.4) is 0 Å². The SMILES string of the molecule is Cc1c(CC(NS(=O)(=O)c2ccccc2[N+](=O)[O-])C2CCC(N(C)c3ccc4c(n3)OC(=O)CN4)CC2)c(=O)[nH]c2cc(F)ccc12. The van der Waals surface area contributed by atoms with Gasteiger partial charge in [0.2, 0.25) is 15.9 Å². The van der Waals surface area contributed by atoms with Gasteiger partial charge in [0.25, 0.3) is 11.2 Å². The number of benzene rings is 2. The second-order valence-corrected chi connectivity index (χ2v) is 13.6. The molecule has 1 saturated carbocycles. The highest BCUT2D eigenvalue weighted by Gasteiger charge is 2.35. The highest BCUT2D eigenvalue weighted by molar-refractivity contribution is 7.89. The van der Waals surface area contributed by atoms with Crippen molar-refractivity contribution < 1.29 is 27.3 Å². The van der Waals surface area contributed by atoms with E-state index in [1.54, 1.807) is 19.1 Å². The van der Waals surface area contributed by atoms with E-state index in [0.717, 1.165) is 6.07 Å². The van der Waals surface area contributed by atoms with Crippen LogP contribution in [0.4, 0.5) is 21.6 Å². The van der Waals surface area contributed by atoms with Gasteiger partial charge in [0.15, 0.2) is 4.90 Å². The first-order valence-electron chi connectivity index (χ1n) is 15.2. The number of esters is 1. The number of nitro benzene ring substituents is 1. The van der Waals surface area contributed by atoms with Crippen molar-refractivity contribution in [1.82, 2.24) is 14.7 Å². The number of nitrogens with one attached hydrogen (secondary N) is 3. The lowest BCUT2D eigenvalue weighted by Gasteiger charge is -2.38. The summed E-state index contributed by atoms with van der Waals surface area (Å²) in [5, 5.41) is 15.3. The lowest BCUT2D eigenvalue weighted by molar-refractivity contribution is -0.387. The van der Waals surface area contributed by atoms with E-state index in [0.29, 0.717) is 59.2 Å². The van der Waals surface area contributed by atoms with Crippen molar-refractivity contribution in [1.29, 1.82) is 0 Å². The molecule has 3 N–H and O–H groups in total. The van der Waals surface area contributed by atoms with Gasteiger partial charge in [-0.3, -0.25) is 14.9 Å². The number of aromatic amines is 1. The van der Waals surface area contributed by atoms with Gasteiger partial charge in [0.05, 0.1) is 16.1 Å². The molecule has 1 fully saturated rings. The van der Waals surface area contributed by atoms with Crippen LogP contribution in [0.25, 0.3) is 10.9 Å². The number of rotatable bonds is 9. The highest BCUT2D eigenvalue weighted by Crippen LogP contribution is 2.35. The summed E-state index contributed by atoms with van der Waals surface area (Å²) < 4.78 is 49.3. The molecule has 47 heavy (non-hydrogen) atoms. The van der Waals surface area contributed by atoms with Crippen LogP contribution < -0.4 is 25.2 Å². The van der Waals surface area contributed by atoms with Gasteiger partial charge in [-0.05, 0) is 86.9 Å². The molecule has 0 amide bonds. The van der Waals surface area contributed by atoms with Crippen LogP contribution in [0, 0.1) is 28.8 Å². The molecule has 2 aromatic carbocycles. The Morgan fingerprint density at radius 1 is 1.13 bits per heavy atom. The van der Waals surface area contributed by atoms with E-state index in [1.165, 1.54) is 30.3 Å². The number of aromatic nitrogens is 2. The van der Waals surface area contributed by atoms with E-state index >= 15 is 0 Å². The van der Waals surface area contributed by atoms with Crippen molar-refractivity contribution in [2.75, 3.05) is 23.8 Å². The number of fused-ring (bicyclic) bond motifs is 2. The molecule has 0 radical (unpaired) electrons. The molecule has 15 heteroatoms. The third-order valence-corrected chi connectivity index (χ3v) is 10.7. The number of halogens is 1. The van der Waals surface area contributed by atoms with Crippen LogP contribution >= 0.6 is 0 Å². The normalized spacial score (nSPS) is 18.6. The first kappa shape index (κ1) is 32.1. The van der Waals surface area contributed by atoms with Crippen molar-refractivity contribution in [3.63, 3.8) is 0 Å². The summed E-state index contributed by atoms with van der Waals surface area (Å²) in [5.74, 6) is -0.316. The van der Waals surface area contributed by atoms with E-state index in [-0.39, 0.29) is 30.8 Å². The summed E-state index contributed by atoms with van der Waals surface area (Å²) in [7, 11) is -2.49. The molecule has 2 aliphatic rings. The number of hydrogen-bond acceptors (Lipinski definition) is 10. The summed E-state index contributed by atoms with van der Waals surface area (Å²) in [4.78, 5) is 44.8. The molecular weight excluding hydrogens is 631 g/mol. The molecule has 0 spiro atoms. The number of pyridine rings is 2. The van der Waals surface area contributed by atoms with Crippen LogP contribution in [-0.4, -0.2) is 55.0 Å². The van der Waals surface area contributed by atoms with Crippen molar-refractivity contribution in [3.8, 4) is 5.88 Å². The van der Waals surface area contributed by atoms with Gasteiger partial charge >= 0.3 is 5.97 Å². The molecule has 6 rings (SSSR count). The van der Waals surface area contributed by atoms with E-state index in [9.17, 15) is 32.5 Å². The number of anilines is 2. The zero-order chi connectivity index (χ0) is 33.5. The maximum absolute atomic E-state index is 13.9. The van der Waals surface area contributed by atoms with Crippen LogP contribution in [0.5, 0.6) is 5.88 Å². The van der Waals surface area contributed by atoms with E-state index < -0.39 is 48.9 Å². The smallest absolute Gasteiger partial charge is 0.332 e. The van der Waals surface area contributed by atoms with Crippen LogP contribution in [0.15, 0.2) is 64.3 Å². The Morgan fingerprint density at radius 3 is 2.62 bits per heavy atom. The largest absolute Gasteiger partial charge is 0.404 e. The van der Waals surface area contributed by atoms with E-state index in [4.69, 9.17) is 4.74 Å². The van der Waals surface area contributed by atoms with Crippen molar-refractivity contribution in [3.05, 3.63) is 92.0 Å². The number of para-hydroxylation sites is 1. The van der Waals surface area contributed by atoms with Gasteiger partial charge in [0, 0.05) is 36.1 Å². The molecule has 3 heterocycles. The van der Waals surface area contributed by atoms with Crippen LogP contribution in [0.1, 0.15) is 36.8 Å². The fraction of sp³-hybridized carbons (Fsp3) is 0.344. The topological polar surface area (TPSA) is 177 Å². The van der Waals surface area contributed by atoms with Crippen LogP contribution in [-0.2, 0) is 21.2 Å². The third-order valence-electron chi connectivity index (χ3n) is 9.14. The number of aryl methyl sites for hydroxylation is 1. The Morgan fingerprint density at radius 2 is 1.87 bits per heavy atom. The Bertz CT molecular complexity index is 2050. The Labute approximate surface area is 269 Å². The molecule has 246 valence electrons.